The SMILES string of the molecule is CC(C)NC(=O)N1CC2CCC(O)C2C1. The molecule has 86 valence electrons. The number of likely N-dealkylation sites (tertiary alicyclic amines) is 1. The molecule has 1 saturated carbocycles. The van der Waals surface area contributed by atoms with E-state index < -0.39 is 0 Å². The maximum Gasteiger partial charge on any atom is 0.317 e. The Morgan fingerprint density at radius 2 is 2.13 bits per heavy atom. The Balaban J connectivity index is 1.90. The monoisotopic (exact) mass is 212 g/mol. The Kier molecular flexibility index (Phi) is 2.87. The summed E-state index contributed by atoms with van der Waals surface area (Å²) in [5, 5.41) is 12.6. The van der Waals surface area contributed by atoms with Crippen molar-refractivity contribution in [2.24, 2.45) is 11.8 Å². The van der Waals surface area contributed by atoms with Crippen LogP contribution < -0.4 is 5.32 Å². The topological polar surface area (TPSA) is 52.6 Å². The summed E-state index contributed by atoms with van der Waals surface area (Å²) in [6.07, 6.45) is 1.79. The van der Waals surface area contributed by atoms with Gasteiger partial charge in [0.15, 0.2) is 0 Å². The molecule has 0 bridgehead atoms. The van der Waals surface area contributed by atoms with Crippen LogP contribution in [0.15, 0.2) is 0 Å². The van der Waals surface area contributed by atoms with Crippen LogP contribution in [-0.4, -0.2) is 41.3 Å². The molecule has 4 heteroatoms. The number of urea groups is 1. The summed E-state index contributed by atoms with van der Waals surface area (Å²) < 4.78 is 0. The predicted molar refractivity (Wildman–Crippen MR) is 57.5 cm³/mol. The van der Waals surface area contributed by atoms with Gasteiger partial charge in [-0.1, -0.05) is 0 Å². The lowest BCUT2D eigenvalue weighted by atomic mass is 10.00. The number of fused-ring (bicyclic) bond motifs is 1. The molecule has 2 N–H and O–H groups in total. The van der Waals surface area contributed by atoms with E-state index in [0.717, 1.165) is 25.9 Å². The van der Waals surface area contributed by atoms with Crippen molar-refractivity contribution in [3.8, 4) is 0 Å². The summed E-state index contributed by atoms with van der Waals surface area (Å²) in [5.41, 5.74) is 0. The largest absolute Gasteiger partial charge is 0.393 e. The molecule has 2 rings (SSSR count). The van der Waals surface area contributed by atoms with Crippen LogP contribution in [0.1, 0.15) is 26.7 Å². The van der Waals surface area contributed by atoms with Crippen LogP contribution in [0.5, 0.6) is 0 Å². The number of hydrogen-bond acceptors (Lipinski definition) is 2. The van der Waals surface area contributed by atoms with Gasteiger partial charge in [-0.25, -0.2) is 4.79 Å². The second-order valence-electron chi connectivity index (χ2n) is 5.08. The van der Waals surface area contributed by atoms with Crippen LogP contribution in [0.2, 0.25) is 0 Å². The van der Waals surface area contributed by atoms with Gasteiger partial charge in [-0.3, -0.25) is 0 Å². The third kappa shape index (κ3) is 2.09. The number of carbonyl (C=O) groups excluding carboxylic acids is 1. The number of rotatable bonds is 1. The number of hydrogen-bond donors (Lipinski definition) is 2. The molecule has 2 aliphatic rings. The minimum atomic E-state index is -0.188. The standard InChI is InChI=1S/C11H20N2O2/c1-7(2)12-11(15)13-5-8-3-4-10(14)9(8)6-13/h7-10,14H,3-6H2,1-2H3,(H,12,15). The van der Waals surface area contributed by atoms with Gasteiger partial charge in [-0.2, -0.15) is 0 Å². The van der Waals surface area contributed by atoms with Gasteiger partial charge < -0.3 is 15.3 Å². The second kappa shape index (κ2) is 4.00. The zero-order valence-corrected chi connectivity index (χ0v) is 9.44. The van der Waals surface area contributed by atoms with E-state index in [1.165, 1.54) is 0 Å². The van der Waals surface area contributed by atoms with Crippen LogP contribution in [0, 0.1) is 11.8 Å². The number of nitrogens with one attached hydrogen (secondary N) is 1. The predicted octanol–water partition coefficient (Wildman–Crippen LogP) is 0.807. The summed E-state index contributed by atoms with van der Waals surface area (Å²) in [4.78, 5) is 13.6. The molecule has 1 aliphatic carbocycles. The lowest BCUT2D eigenvalue weighted by Crippen LogP contribution is -2.42. The summed E-state index contributed by atoms with van der Waals surface area (Å²) in [7, 11) is 0. The molecule has 3 atom stereocenters. The fraction of sp³-hybridized carbons (Fsp3) is 0.909. The molecule has 2 amide bonds. The highest BCUT2D eigenvalue weighted by Gasteiger charge is 2.43. The van der Waals surface area contributed by atoms with E-state index in [1.54, 1.807) is 0 Å². The van der Waals surface area contributed by atoms with E-state index in [-0.39, 0.29) is 18.2 Å². The van der Waals surface area contributed by atoms with Crippen molar-refractivity contribution < 1.29 is 9.90 Å². The van der Waals surface area contributed by atoms with Gasteiger partial charge in [0, 0.05) is 25.0 Å². The maximum atomic E-state index is 11.7. The fourth-order valence-electron chi connectivity index (χ4n) is 2.74. The number of amides is 2. The van der Waals surface area contributed by atoms with Gasteiger partial charge >= 0.3 is 6.03 Å². The zero-order valence-electron chi connectivity index (χ0n) is 9.44. The first-order valence-electron chi connectivity index (χ1n) is 5.81. The van der Waals surface area contributed by atoms with Crippen LogP contribution in [0.4, 0.5) is 4.79 Å². The van der Waals surface area contributed by atoms with E-state index in [0.29, 0.717) is 11.8 Å². The summed E-state index contributed by atoms with van der Waals surface area (Å²) >= 11 is 0. The molecule has 1 heterocycles. The minimum absolute atomic E-state index is 0.0200. The molecule has 4 nitrogen and oxygen atoms in total. The van der Waals surface area contributed by atoms with E-state index in [9.17, 15) is 9.90 Å². The second-order valence-corrected chi connectivity index (χ2v) is 5.08. The van der Waals surface area contributed by atoms with E-state index in [1.807, 2.05) is 18.7 Å². The van der Waals surface area contributed by atoms with Gasteiger partial charge in [0.1, 0.15) is 0 Å². The Morgan fingerprint density at radius 3 is 2.73 bits per heavy atom. The molecule has 2 fully saturated rings. The molecular formula is C11H20N2O2. The smallest absolute Gasteiger partial charge is 0.317 e. The van der Waals surface area contributed by atoms with Crippen molar-refractivity contribution >= 4 is 6.03 Å². The van der Waals surface area contributed by atoms with Crippen molar-refractivity contribution in [1.82, 2.24) is 10.2 Å². The highest BCUT2D eigenvalue weighted by molar-refractivity contribution is 5.74. The van der Waals surface area contributed by atoms with Crippen molar-refractivity contribution in [3.05, 3.63) is 0 Å². The van der Waals surface area contributed by atoms with Crippen LogP contribution in [0.3, 0.4) is 0 Å². The first-order chi connectivity index (χ1) is 7.08. The van der Waals surface area contributed by atoms with Crippen LogP contribution >= 0.6 is 0 Å². The molecule has 0 radical (unpaired) electrons. The summed E-state index contributed by atoms with van der Waals surface area (Å²) in [6, 6.07) is 0.203. The van der Waals surface area contributed by atoms with Gasteiger partial charge in [-0.05, 0) is 32.6 Å². The molecular weight excluding hydrogens is 192 g/mol. The first kappa shape index (κ1) is 10.7. The molecule has 0 aromatic rings. The summed E-state index contributed by atoms with van der Waals surface area (Å²) in [5.74, 6) is 0.848. The van der Waals surface area contributed by atoms with E-state index in [2.05, 4.69) is 5.32 Å². The van der Waals surface area contributed by atoms with E-state index in [4.69, 9.17) is 0 Å². The molecule has 3 unspecified atom stereocenters. The zero-order chi connectivity index (χ0) is 11.0. The van der Waals surface area contributed by atoms with Crippen molar-refractivity contribution in [3.63, 3.8) is 0 Å². The van der Waals surface area contributed by atoms with Gasteiger partial charge in [0.05, 0.1) is 6.10 Å². The Labute approximate surface area is 90.6 Å². The van der Waals surface area contributed by atoms with Crippen molar-refractivity contribution in [2.45, 2.75) is 38.8 Å². The highest BCUT2D eigenvalue weighted by Crippen LogP contribution is 2.37. The quantitative estimate of drug-likeness (QED) is 0.675. The normalized spacial score (nSPS) is 34.7. The lowest BCUT2D eigenvalue weighted by molar-refractivity contribution is 0.125. The van der Waals surface area contributed by atoms with Gasteiger partial charge in [0.25, 0.3) is 0 Å². The van der Waals surface area contributed by atoms with Gasteiger partial charge in [-0.15, -0.1) is 0 Å². The van der Waals surface area contributed by atoms with E-state index >= 15 is 0 Å². The number of nitrogens with zero attached hydrogens (tertiary/aromatic N) is 1. The van der Waals surface area contributed by atoms with Gasteiger partial charge in [0.2, 0.25) is 0 Å². The molecule has 1 aliphatic heterocycles. The molecule has 0 aromatic carbocycles. The van der Waals surface area contributed by atoms with Crippen LogP contribution in [-0.2, 0) is 0 Å². The Morgan fingerprint density at radius 1 is 1.40 bits per heavy atom. The maximum absolute atomic E-state index is 11.7. The average Bonchev–Trinajstić information content (AvgIpc) is 2.67. The lowest BCUT2D eigenvalue weighted by Gasteiger charge is -2.20. The molecule has 1 saturated heterocycles. The Hall–Kier alpha value is -0.770. The van der Waals surface area contributed by atoms with Crippen molar-refractivity contribution in [2.75, 3.05) is 13.1 Å². The Bertz CT molecular complexity index is 255. The highest BCUT2D eigenvalue weighted by atomic mass is 16.3. The molecule has 0 aromatic heterocycles. The number of aliphatic hydroxyl groups is 1. The minimum Gasteiger partial charge on any atom is -0.393 e. The van der Waals surface area contributed by atoms with Crippen LogP contribution in [0.25, 0.3) is 0 Å². The van der Waals surface area contributed by atoms with Crippen molar-refractivity contribution in [1.29, 1.82) is 0 Å². The number of carbonyl (C=O) groups is 1. The summed E-state index contributed by atoms with van der Waals surface area (Å²) in [6.45, 7) is 5.47. The average molecular weight is 212 g/mol. The third-order valence-electron chi connectivity index (χ3n) is 3.52. The third-order valence-corrected chi connectivity index (χ3v) is 3.52. The number of aliphatic hydroxyl groups excluding tert-OH is 1. The molecule has 0 spiro atoms. The molecule has 15 heavy (non-hydrogen) atoms. The first-order valence-corrected chi connectivity index (χ1v) is 5.81. The fourth-order valence-corrected chi connectivity index (χ4v) is 2.74.